The van der Waals surface area contributed by atoms with Gasteiger partial charge in [-0.05, 0) is 60.0 Å². The van der Waals surface area contributed by atoms with Crippen LogP contribution in [0.5, 0.6) is 0 Å². The summed E-state index contributed by atoms with van der Waals surface area (Å²) < 4.78 is 33.1. The van der Waals surface area contributed by atoms with Crippen molar-refractivity contribution in [1.29, 1.82) is 0 Å². The Morgan fingerprint density at radius 3 is 2.44 bits per heavy atom. The van der Waals surface area contributed by atoms with E-state index in [0.29, 0.717) is 16.8 Å². The van der Waals surface area contributed by atoms with Gasteiger partial charge in [-0.15, -0.1) is 11.3 Å². The second-order valence-electron chi connectivity index (χ2n) is 6.37. The molecule has 0 N–H and O–H groups in total. The van der Waals surface area contributed by atoms with Crippen molar-refractivity contribution in [2.24, 2.45) is 0 Å². The summed E-state index contributed by atoms with van der Waals surface area (Å²) in [7, 11) is 0. The third-order valence-electron chi connectivity index (χ3n) is 4.55. The van der Waals surface area contributed by atoms with Gasteiger partial charge < -0.3 is 0 Å². The summed E-state index contributed by atoms with van der Waals surface area (Å²) in [6.07, 6.45) is 0.0162. The highest BCUT2D eigenvalue weighted by atomic mass is 32.1. The van der Waals surface area contributed by atoms with Crippen molar-refractivity contribution in [3.63, 3.8) is 0 Å². The monoisotopic (exact) mass is 371 g/mol. The molecule has 3 aromatic carbocycles. The van der Waals surface area contributed by atoms with Crippen LogP contribution in [0.4, 0.5) is 4.39 Å². The minimum Gasteiger partial charge on any atom is -0.256 e. The molecule has 5 rings (SSSR count). The topological polar surface area (TPSA) is 12.9 Å². The van der Waals surface area contributed by atoms with Crippen molar-refractivity contribution in [2.75, 3.05) is 0 Å². The molecule has 3 heteroatoms. The third-order valence-corrected chi connectivity index (χ3v) is 5.70. The number of aromatic nitrogens is 1. The second kappa shape index (κ2) is 6.60. The van der Waals surface area contributed by atoms with Crippen LogP contribution in [0.1, 0.15) is 13.9 Å². The zero-order chi connectivity index (χ0) is 20.0. The number of benzene rings is 3. The average Bonchev–Trinajstić information content (AvgIpc) is 3.11. The van der Waals surface area contributed by atoms with E-state index in [1.807, 2.05) is 42.5 Å². The highest BCUT2D eigenvalue weighted by Gasteiger charge is 2.09. The first-order valence-corrected chi connectivity index (χ1v) is 9.48. The van der Waals surface area contributed by atoms with E-state index in [-0.39, 0.29) is 5.82 Å². The SMILES string of the molecule is [2H]C([2H])(c1ccccc1)c1ccnc(-c2ccc3sc4ccc(F)cc4c3c2)c1. The molecule has 0 unspecified atom stereocenters. The lowest BCUT2D eigenvalue weighted by Crippen LogP contribution is -1.91. The van der Waals surface area contributed by atoms with Crippen molar-refractivity contribution in [3.05, 3.63) is 102 Å². The summed E-state index contributed by atoms with van der Waals surface area (Å²) in [6.45, 7) is 0. The van der Waals surface area contributed by atoms with E-state index in [9.17, 15) is 4.39 Å². The number of rotatable bonds is 3. The molecule has 0 aliphatic rings. The molecule has 0 saturated heterocycles. The molecule has 2 heterocycles. The summed E-state index contributed by atoms with van der Waals surface area (Å²) in [4.78, 5) is 4.47. The Hall–Kier alpha value is -3.04. The van der Waals surface area contributed by atoms with Crippen molar-refractivity contribution < 1.29 is 7.13 Å². The van der Waals surface area contributed by atoms with E-state index in [4.69, 9.17) is 2.74 Å². The van der Waals surface area contributed by atoms with E-state index in [1.165, 1.54) is 6.07 Å². The van der Waals surface area contributed by atoms with Gasteiger partial charge in [0, 0.05) is 34.7 Å². The van der Waals surface area contributed by atoms with Gasteiger partial charge in [0.2, 0.25) is 0 Å². The Morgan fingerprint density at radius 2 is 1.59 bits per heavy atom. The maximum atomic E-state index is 13.8. The van der Waals surface area contributed by atoms with Gasteiger partial charge >= 0.3 is 0 Å². The minimum atomic E-state index is -1.62. The first kappa shape index (κ1) is 14.1. The fourth-order valence-corrected chi connectivity index (χ4v) is 4.33. The highest BCUT2D eigenvalue weighted by Crippen LogP contribution is 2.36. The standard InChI is InChI=1S/C24H16FNS/c25-19-7-9-24-21(15-19)20-14-18(6-8-23(20)27-24)22-13-17(10-11-26-22)12-16-4-2-1-3-5-16/h1-11,13-15H,12H2/i12D2. The van der Waals surface area contributed by atoms with Gasteiger partial charge in [0.1, 0.15) is 5.82 Å². The summed E-state index contributed by atoms with van der Waals surface area (Å²) >= 11 is 1.63. The number of nitrogens with zero attached hydrogens (tertiary/aromatic N) is 1. The maximum absolute atomic E-state index is 13.8. The van der Waals surface area contributed by atoms with Gasteiger partial charge in [0.05, 0.1) is 5.69 Å². The molecule has 0 spiro atoms. The number of hydrogen-bond donors (Lipinski definition) is 0. The third kappa shape index (κ3) is 3.11. The number of halogens is 1. The van der Waals surface area contributed by atoms with E-state index < -0.39 is 6.37 Å². The normalized spacial score (nSPS) is 12.9. The van der Waals surface area contributed by atoms with Gasteiger partial charge in [-0.25, -0.2) is 4.39 Å². The Kier molecular flexibility index (Phi) is 3.44. The van der Waals surface area contributed by atoms with E-state index in [2.05, 4.69) is 4.98 Å². The number of pyridine rings is 1. The van der Waals surface area contributed by atoms with Gasteiger partial charge in [-0.2, -0.15) is 0 Å². The van der Waals surface area contributed by atoms with E-state index in [1.54, 1.807) is 47.9 Å². The highest BCUT2D eigenvalue weighted by molar-refractivity contribution is 7.25. The Bertz CT molecular complexity index is 1350. The van der Waals surface area contributed by atoms with Crippen molar-refractivity contribution in [2.45, 2.75) is 6.37 Å². The smallest absolute Gasteiger partial charge is 0.123 e. The summed E-state index contributed by atoms with van der Waals surface area (Å²) in [5, 5.41) is 1.88. The predicted molar refractivity (Wildman–Crippen MR) is 112 cm³/mol. The predicted octanol–water partition coefficient (Wildman–Crippen LogP) is 6.85. The molecule has 130 valence electrons. The van der Waals surface area contributed by atoms with Crippen LogP contribution in [0.3, 0.4) is 0 Å². The first-order chi connectivity index (χ1) is 14.0. The van der Waals surface area contributed by atoms with Crippen LogP contribution in [-0.4, -0.2) is 4.98 Å². The fourth-order valence-electron chi connectivity index (χ4n) is 3.26. The summed E-state index contributed by atoms with van der Waals surface area (Å²) in [5.41, 5.74) is 2.73. The quantitative estimate of drug-likeness (QED) is 0.338. The molecule has 0 radical (unpaired) electrons. The fraction of sp³-hybridized carbons (Fsp3) is 0.0417. The van der Waals surface area contributed by atoms with Crippen molar-refractivity contribution in [1.82, 2.24) is 4.98 Å². The molecule has 2 aromatic heterocycles. The van der Waals surface area contributed by atoms with Crippen molar-refractivity contribution in [3.8, 4) is 11.3 Å². The zero-order valence-corrected chi connectivity index (χ0v) is 15.1. The number of fused-ring (bicyclic) bond motifs is 3. The Morgan fingerprint density at radius 1 is 0.815 bits per heavy atom. The minimum absolute atomic E-state index is 0.251. The molecule has 0 saturated carbocycles. The molecule has 0 amide bonds. The van der Waals surface area contributed by atoms with Crippen molar-refractivity contribution >= 4 is 31.5 Å². The van der Waals surface area contributed by atoms with E-state index in [0.717, 1.165) is 25.7 Å². The van der Waals surface area contributed by atoms with Crippen LogP contribution < -0.4 is 0 Å². The van der Waals surface area contributed by atoms with E-state index >= 15 is 0 Å². The molecule has 0 fully saturated rings. The van der Waals surface area contributed by atoms with Crippen LogP contribution in [0.25, 0.3) is 31.4 Å². The molecule has 1 nitrogen and oxygen atoms in total. The summed E-state index contributed by atoms with van der Waals surface area (Å²) in [6, 6.07) is 23.5. The number of thiophene rings is 1. The van der Waals surface area contributed by atoms with Crippen LogP contribution >= 0.6 is 11.3 Å². The van der Waals surface area contributed by atoms with Gasteiger partial charge in [0.25, 0.3) is 0 Å². The lowest BCUT2D eigenvalue weighted by Gasteiger charge is -2.06. The molecule has 0 aliphatic heterocycles. The molecule has 0 atom stereocenters. The maximum Gasteiger partial charge on any atom is 0.123 e. The molecular weight excluding hydrogens is 353 g/mol. The van der Waals surface area contributed by atoms with Gasteiger partial charge in [0.15, 0.2) is 0 Å². The molecule has 0 aliphatic carbocycles. The lowest BCUT2D eigenvalue weighted by atomic mass is 10.0. The lowest BCUT2D eigenvalue weighted by molar-refractivity contribution is 0.630. The van der Waals surface area contributed by atoms with Gasteiger partial charge in [-0.3, -0.25) is 4.98 Å². The van der Waals surface area contributed by atoms with Crippen LogP contribution in [0.2, 0.25) is 0 Å². The van der Waals surface area contributed by atoms with Crippen LogP contribution in [-0.2, 0) is 6.37 Å². The van der Waals surface area contributed by atoms with Crippen LogP contribution in [0, 0.1) is 5.82 Å². The molecular formula is C24H16FNS. The Balaban J connectivity index is 1.63. The molecule has 5 aromatic rings. The zero-order valence-electron chi connectivity index (χ0n) is 16.3. The van der Waals surface area contributed by atoms with Gasteiger partial charge in [-0.1, -0.05) is 36.4 Å². The molecule has 0 bridgehead atoms. The summed E-state index contributed by atoms with van der Waals surface area (Å²) in [5.74, 6) is -0.251. The van der Waals surface area contributed by atoms with Crippen LogP contribution in [0.15, 0.2) is 85.1 Å². The Labute approximate surface area is 163 Å². The molecule has 27 heavy (non-hydrogen) atoms. The largest absolute Gasteiger partial charge is 0.256 e. The second-order valence-corrected chi connectivity index (χ2v) is 7.46. The number of hydrogen-bond acceptors (Lipinski definition) is 2. The first-order valence-electron chi connectivity index (χ1n) is 9.67. The average molecular weight is 371 g/mol.